The van der Waals surface area contributed by atoms with Gasteiger partial charge in [-0.25, -0.2) is 9.97 Å². The van der Waals surface area contributed by atoms with E-state index in [1.165, 1.54) is 0 Å². The van der Waals surface area contributed by atoms with Gasteiger partial charge in [0, 0.05) is 16.7 Å². The molecule has 3 rings (SSSR count). The van der Waals surface area contributed by atoms with E-state index in [-0.39, 0.29) is 0 Å². The van der Waals surface area contributed by atoms with E-state index in [0.29, 0.717) is 18.4 Å². The maximum atomic E-state index is 6.00. The first-order valence-corrected chi connectivity index (χ1v) is 6.87. The number of rotatable bonds is 3. The van der Waals surface area contributed by atoms with E-state index in [1.807, 2.05) is 34.9 Å². The number of halogens is 1. The Hall–Kier alpha value is -2.08. The van der Waals surface area contributed by atoms with Crippen molar-refractivity contribution in [2.24, 2.45) is 0 Å². The summed E-state index contributed by atoms with van der Waals surface area (Å²) in [5.41, 5.74) is 8.91. The molecule has 20 heavy (non-hydrogen) atoms. The number of nitrogen functional groups attached to an aromatic ring is 1. The third kappa shape index (κ3) is 2.34. The SMILES string of the molecule is COc1ccc(Cn2c(N)nc3ccc(Br)cc32)cn1. The van der Waals surface area contributed by atoms with Crippen LogP contribution < -0.4 is 10.5 Å². The molecule has 0 bridgehead atoms. The number of fused-ring (bicyclic) bond motifs is 1. The third-order valence-corrected chi connectivity index (χ3v) is 3.58. The minimum absolute atomic E-state index is 0.494. The van der Waals surface area contributed by atoms with Crippen LogP contribution in [0.15, 0.2) is 41.0 Å². The van der Waals surface area contributed by atoms with Crippen molar-refractivity contribution < 1.29 is 4.74 Å². The zero-order valence-corrected chi connectivity index (χ0v) is 12.5. The van der Waals surface area contributed by atoms with Crippen molar-refractivity contribution in [1.29, 1.82) is 0 Å². The molecule has 2 aromatic heterocycles. The molecule has 3 aromatic rings. The number of pyridine rings is 1. The van der Waals surface area contributed by atoms with Crippen molar-refractivity contribution >= 4 is 32.9 Å². The van der Waals surface area contributed by atoms with Crippen molar-refractivity contribution in [3.63, 3.8) is 0 Å². The lowest BCUT2D eigenvalue weighted by Gasteiger charge is -2.07. The molecule has 2 heterocycles. The van der Waals surface area contributed by atoms with Gasteiger partial charge in [0.1, 0.15) is 0 Å². The van der Waals surface area contributed by atoms with E-state index in [1.54, 1.807) is 13.3 Å². The normalized spacial score (nSPS) is 10.9. The number of anilines is 1. The van der Waals surface area contributed by atoms with Crippen molar-refractivity contribution in [2.45, 2.75) is 6.54 Å². The Morgan fingerprint density at radius 2 is 2.15 bits per heavy atom. The van der Waals surface area contributed by atoms with Gasteiger partial charge in [-0.15, -0.1) is 0 Å². The second-order valence-corrected chi connectivity index (χ2v) is 5.31. The number of nitrogens with zero attached hydrogens (tertiary/aromatic N) is 3. The van der Waals surface area contributed by atoms with Gasteiger partial charge in [-0.3, -0.25) is 0 Å². The standard InChI is InChI=1S/C14H13BrN4O/c1-20-13-5-2-9(7-17-13)8-19-12-6-10(15)3-4-11(12)18-14(19)16/h2-7H,8H2,1H3,(H2,16,18). The Morgan fingerprint density at radius 3 is 2.85 bits per heavy atom. The molecule has 0 saturated heterocycles. The van der Waals surface area contributed by atoms with Gasteiger partial charge >= 0.3 is 0 Å². The summed E-state index contributed by atoms with van der Waals surface area (Å²) < 4.78 is 8.01. The van der Waals surface area contributed by atoms with Crippen LogP contribution in [0.2, 0.25) is 0 Å². The minimum atomic E-state index is 0.494. The number of imidazole rings is 1. The lowest BCUT2D eigenvalue weighted by molar-refractivity contribution is 0.397. The lowest BCUT2D eigenvalue weighted by atomic mass is 10.2. The molecule has 0 amide bonds. The number of ether oxygens (including phenoxy) is 1. The van der Waals surface area contributed by atoms with Crippen LogP contribution in [0.1, 0.15) is 5.56 Å². The smallest absolute Gasteiger partial charge is 0.212 e. The molecule has 0 radical (unpaired) electrons. The summed E-state index contributed by atoms with van der Waals surface area (Å²) in [4.78, 5) is 8.56. The lowest BCUT2D eigenvalue weighted by Crippen LogP contribution is -2.05. The van der Waals surface area contributed by atoms with Gasteiger partial charge in [0.05, 0.1) is 24.7 Å². The summed E-state index contributed by atoms with van der Waals surface area (Å²) in [5.74, 6) is 1.09. The molecule has 0 spiro atoms. The summed E-state index contributed by atoms with van der Waals surface area (Å²) in [7, 11) is 1.60. The average molecular weight is 333 g/mol. The monoisotopic (exact) mass is 332 g/mol. The highest BCUT2D eigenvalue weighted by atomic mass is 79.9. The summed E-state index contributed by atoms with van der Waals surface area (Å²) >= 11 is 3.47. The highest BCUT2D eigenvalue weighted by Crippen LogP contribution is 2.23. The van der Waals surface area contributed by atoms with Gasteiger partial charge in [-0.05, 0) is 23.8 Å². The van der Waals surface area contributed by atoms with Crippen molar-refractivity contribution in [1.82, 2.24) is 14.5 Å². The highest BCUT2D eigenvalue weighted by molar-refractivity contribution is 9.10. The van der Waals surface area contributed by atoms with Crippen LogP contribution in [0, 0.1) is 0 Å². The second kappa shape index (κ2) is 5.13. The third-order valence-electron chi connectivity index (χ3n) is 3.09. The fourth-order valence-electron chi connectivity index (χ4n) is 2.09. The molecule has 1 aromatic carbocycles. The van der Waals surface area contributed by atoms with Gasteiger partial charge in [0.2, 0.25) is 11.8 Å². The molecule has 0 atom stereocenters. The van der Waals surface area contributed by atoms with Crippen LogP contribution in [0.25, 0.3) is 11.0 Å². The summed E-state index contributed by atoms with van der Waals surface area (Å²) in [6, 6.07) is 9.71. The molecular weight excluding hydrogens is 320 g/mol. The minimum Gasteiger partial charge on any atom is -0.481 e. The first kappa shape index (κ1) is 12.9. The molecule has 6 heteroatoms. The van der Waals surface area contributed by atoms with Crippen LogP contribution >= 0.6 is 15.9 Å². The Balaban J connectivity index is 2.00. The Labute approximate surface area is 124 Å². The topological polar surface area (TPSA) is 66.0 Å². The number of nitrogens with two attached hydrogens (primary N) is 1. The molecular formula is C14H13BrN4O. The van der Waals surface area contributed by atoms with E-state index >= 15 is 0 Å². The van der Waals surface area contributed by atoms with Gasteiger partial charge in [-0.2, -0.15) is 0 Å². The predicted molar refractivity (Wildman–Crippen MR) is 81.7 cm³/mol. The highest BCUT2D eigenvalue weighted by Gasteiger charge is 2.09. The Morgan fingerprint density at radius 1 is 1.30 bits per heavy atom. The van der Waals surface area contributed by atoms with Gasteiger partial charge < -0.3 is 15.0 Å². The van der Waals surface area contributed by atoms with E-state index in [4.69, 9.17) is 10.5 Å². The fraction of sp³-hybridized carbons (Fsp3) is 0.143. The second-order valence-electron chi connectivity index (χ2n) is 4.40. The summed E-state index contributed by atoms with van der Waals surface area (Å²) in [5, 5.41) is 0. The molecule has 0 saturated carbocycles. The molecule has 0 fully saturated rings. The van der Waals surface area contributed by atoms with Crippen molar-refractivity contribution in [3.8, 4) is 5.88 Å². The molecule has 0 aliphatic carbocycles. The van der Waals surface area contributed by atoms with Gasteiger partial charge in [-0.1, -0.05) is 22.0 Å². The number of hydrogen-bond acceptors (Lipinski definition) is 4. The summed E-state index contributed by atoms with van der Waals surface area (Å²) in [6.07, 6.45) is 1.78. The molecule has 5 nitrogen and oxygen atoms in total. The Bertz CT molecular complexity index is 752. The zero-order chi connectivity index (χ0) is 14.1. The number of hydrogen-bond donors (Lipinski definition) is 1. The van der Waals surface area contributed by atoms with Gasteiger partial charge in [0.15, 0.2) is 0 Å². The van der Waals surface area contributed by atoms with Crippen molar-refractivity contribution in [3.05, 3.63) is 46.6 Å². The van der Waals surface area contributed by atoms with Crippen LogP contribution in [-0.4, -0.2) is 21.6 Å². The van der Waals surface area contributed by atoms with Gasteiger partial charge in [0.25, 0.3) is 0 Å². The average Bonchev–Trinajstić information content (AvgIpc) is 2.76. The molecule has 102 valence electrons. The molecule has 0 unspecified atom stereocenters. The quantitative estimate of drug-likeness (QED) is 0.800. The number of methoxy groups -OCH3 is 1. The van der Waals surface area contributed by atoms with Crippen LogP contribution in [-0.2, 0) is 6.54 Å². The molecule has 0 aliphatic rings. The van der Waals surface area contributed by atoms with E-state index < -0.39 is 0 Å². The van der Waals surface area contributed by atoms with Crippen LogP contribution in [0.3, 0.4) is 0 Å². The molecule has 2 N–H and O–H groups in total. The maximum absolute atomic E-state index is 6.00. The van der Waals surface area contributed by atoms with Crippen molar-refractivity contribution in [2.75, 3.05) is 12.8 Å². The number of benzene rings is 1. The maximum Gasteiger partial charge on any atom is 0.212 e. The van der Waals surface area contributed by atoms with Crippen LogP contribution in [0.5, 0.6) is 5.88 Å². The summed E-state index contributed by atoms with van der Waals surface area (Å²) in [6.45, 7) is 0.621. The molecule has 0 aliphatic heterocycles. The number of aromatic nitrogens is 3. The Kier molecular flexibility index (Phi) is 3.31. The largest absolute Gasteiger partial charge is 0.481 e. The van der Waals surface area contributed by atoms with E-state index in [9.17, 15) is 0 Å². The fourth-order valence-corrected chi connectivity index (χ4v) is 2.44. The first-order valence-electron chi connectivity index (χ1n) is 6.07. The van der Waals surface area contributed by atoms with E-state index in [2.05, 4.69) is 25.9 Å². The zero-order valence-electron chi connectivity index (χ0n) is 10.9. The predicted octanol–water partition coefficient (Wildman–Crippen LogP) is 2.83. The van der Waals surface area contributed by atoms with Crippen LogP contribution in [0.4, 0.5) is 5.95 Å². The van der Waals surface area contributed by atoms with E-state index in [0.717, 1.165) is 21.1 Å². The first-order chi connectivity index (χ1) is 9.67.